The standard InChI is InChI=1S/C25H21FN4O3/c1-29(16-18-9-8-12-20(26)15-18)22(31)17-33-25(32)23-27-24(19-10-4-2-5-11-19)30(28-23)21-13-6-3-7-14-21/h2-15H,16-17H2,1H3. The molecule has 166 valence electrons. The van der Waals surface area contributed by atoms with Crippen molar-refractivity contribution in [1.29, 1.82) is 0 Å². The summed E-state index contributed by atoms with van der Waals surface area (Å²) in [5, 5.41) is 4.32. The highest BCUT2D eigenvalue weighted by Crippen LogP contribution is 2.21. The van der Waals surface area contributed by atoms with E-state index in [1.165, 1.54) is 17.0 Å². The Morgan fingerprint density at radius 2 is 1.67 bits per heavy atom. The van der Waals surface area contributed by atoms with Crippen molar-refractivity contribution in [3.05, 3.63) is 102 Å². The molecule has 4 rings (SSSR count). The number of halogens is 1. The van der Waals surface area contributed by atoms with Crippen LogP contribution in [0.25, 0.3) is 17.1 Å². The zero-order valence-electron chi connectivity index (χ0n) is 17.9. The van der Waals surface area contributed by atoms with Crippen LogP contribution in [0.15, 0.2) is 84.9 Å². The van der Waals surface area contributed by atoms with E-state index in [0.29, 0.717) is 11.4 Å². The van der Waals surface area contributed by atoms with Gasteiger partial charge in [-0.25, -0.2) is 18.9 Å². The average molecular weight is 444 g/mol. The summed E-state index contributed by atoms with van der Waals surface area (Å²) in [4.78, 5) is 30.7. The van der Waals surface area contributed by atoms with Crippen LogP contribution in [0, 0.1) is 5.82 Å². The van der Waals surface area contributed by atoms with Crippen molar-refractivity contribution in [1.82, 2.24) is 19.7 Å². The molecule has 0 aliphatic rings. The topological polar surface area (TPSA) is 77.3 Å². The Hall–Kier alpha value is -4.33. The lowest BCUT2D eigenvalue weighted by Gasteiger charge is -2.17. The molecule has 0 unspecified atom stereocenters. The predicted octanol–water partition coefficient (Wildman–Crippen LogP) is 3.89. The maximum Gasteiger partial charge on any atom is 0.378 e. The summed E-state index contributed by atoms with van der Waals surface area (Å²) < 4.78 is 20.1. The van der Waals surface area contributed by atoms with Gasteiger partial charge in [0.25, 0.3) is 11.7 Å². The number of benzene rings is 3. The van der Waals surface area contributed by atoms with Gasteiger partial charge in [0.05, 0.1) is 5.69 Å². The van der Waals surface area contributed by atoms with Gasteiger partial charge in [-0.2, -0.15) is 0 Å². The maximum atomic E-state index is 13.4. The molecule has 0 aliphatic heterocycles. The fraction of sp³-hybridized carbons (Fsp3) is 0.120. The first kappa shape index (κ1) is 21.9. The quantitative estimate of drug-likeness (QED) is 0.404. The molecule has 4 aromatic rings. The number of hydrogen-bond acceptors (Lipinski definition) is 5. The molecule has 1 heterocycles. The first-order valence-electron chi connectivity index (χ1n) is 10.2. The Morgan fingerprint density at radius 1 is 0.970 bits per heavy atom. The molecule has 0 atom stereocenters. The molecule has 0 spiro atoms. The summed E-state index contributed by atoms with van der Waals surface area (Å²) >= 11 is 0. The first-order valence-corrected chi connectivity index (χ1v) is 10.2. The van der Waals surface area contributed by atoms with Crippen LogP contribution in [-0.4, -0.2) is 45.2 Å². The number of amides is 1. The lowest BCUT2D eigenvalue weighted by Crippen LogP contribution is -2.31. The summed E-state index contributed by atoms with van der Waals surface area (Å²) in [7, 11) is 1.55. The molecule has 0 saturated heterocycles. The zero-order valence-corrected chi connectivity index (χ0v) is 17.9. The van der Waals surface area contributed by atoms with Crippen molar-refractivity contribution >= 4 is 11.9 Å². The summed E-state index contributed by atoms with van der Waals surface area (Å²) in [6.45, 7) is -0.293. The number of aromatic nitrogens is 3. The zero-order chi connectivity index (χ0) is 23.2. The second-order valence-corrected chi connectivity index (χ2v) is 7.33. The third-order valence-corrected chi connectivity index (χ3v) is 4.88. The lowest BCUT2D eigenvalue weighted by atomic mass is 10.2. The molecule has 1 amide bonds. The van der Waals surface area contributed by atoms with Crippen LogP contribution in [-0.2, 0) is 16.1 Å². The van der Waals surface area contributed by atoms with Crippen molar-refractivity contribution < 1.29 is 18.7 Å². The van der Waals surface area contributed by atoms with Gasteiger partial charge in [-0.1, -0.05) is 60.7 Å². The first-order chi connectivity index (χ1) is 16.0. The van der Waals surface area contributed by atoms with Gasteiger partial charge >= 0.3 is 5.97 Å². The molecule has 3 aromatic carbocycles. The van der Waals surface area contributed by atoms with E-state index in [4.69, 9.17) is 4.74 Å². The van der Waals surface area contributed by atoms with Crippen LogP contribution >= 0.6 is 0 Å². The third-order valence-electron chi connectivity index (χ3n) is 4.88. The van der Waals surface area contributed by atoms with Gasteiger partial charge in [0.2, 0.25) is 0 Å². The molecule has 0 bridgehead atoms. The molecule has 0 aliphatic carbocycles. The van der Waals surface area contributed by atoms with Gasteiger partial charge in [0.1, 0.15) is 5.82 Å². The Morgan fingerprint density at radius 3 is 2.36 bits per heavy atom. The molecule has 0 fully saturated rings. The third kappa shape index (κ3) is 5.30. The number of esters is 1. The Labute approximate surface area is 190 Å². The van der Waals surface area contributed by atoms with E-state index in [1.54, 1.807) is 23.9 Å². The predicted molar refractivity (Wildman–Crippen MR) is 120 cm³/mol. The fourth-order valence-corrected chi connectivity index (χ4v) is 3.22. The Balaban J connectivity index is 1.48. The molecular weight excluding hydrogens is 423 g/mol. The minimum atomic E-state index is -0.811. The van der Waals surface area contributed by atoms with Crippen LogP contribution in [0.4, 0.5) is 4.39 Å². The molecule has 1 aromatic heterocycles. The normalized spacial score (nSPS) is 10.6. The number of likely N-dealkylation sites (N-methyl/N-ethyl adjacent to an activating group) is 1. The largest absolute Gasteiger partial charge is 0.450 e. The number of nitrogens with zero attached hydrogens (tertiary/aromatic N) is 4. The van der Waals surface area contributed by atoms with Gasteiger partial charge in [-0.3, -0.25) is 4.79 Å². The molecule has 33 heavy (non-hydrogen) atoms. The molecule has 0 saturated carbocycles. The monoisotopic (exact) mass is 444 g/mol. The van der Waals surface area contributed by atoms with Crippen molar-refractivity contribution in [3.63, 3.8) is 0 Å². The van der Waals surface area contributed by atoms with E-state index in [9.17, 15) is 14.0 Å². The number of rotatable bonds is 7. The smallest absolute Gasteiger partial charge is 0.378 e. The molecule has 7 nitrogen and oxygen atoms in total. The van der Waals surface area contributed by atoms with Crippen molar-refractivity contribution in [2.75, 3.05) is 13.7 Å². The second kappa shape index (κ2) is 9.86. The Kier molecular flexibility index (Phi) is 6.54. The van der Waals surface area contributed by atoms with Crippen LogP contribution in [0.1, 0.15) is 16.2 Å². The van der Waals surface area contributed by atoms with Crippen LogP contribution in [0.5, 0.6) is 0 Å². The van der Waals surface area contributed by atoms with E-state index in [2.05, 4.69) is 10.1 Å². The van der Waals surface area contributed by atoms with Crippen molar-refractivity contribution in [3.8, 4) is 17.1 Å². The van der Waals surface area contributed by atoms with E-state index < -0.39 is 18.5 Å². The lowest BCUT2D eigenvalue weighted by molar-refractivity contribution is -0.133. The highest BCUT2D eigenvalue weighted by atomic mass is 19.1. The fourth-order valence-electron chi connectivity index (χ4n) is 3.22. The molecule has 0 N–H and O–H groups in total. The number of carbonyl (C=O) groups excluding carboxylic acids is 2. The van der Waals surface area contributed by atoms with E-state index in [1.807, 2.05) is 60.7 Å². The minimum absolute atomic E-state index is 0.154. The molecule has 0 radical (unpaired) electrons. The van der Waals surface area contributed by atoms with E-state index >= 15 is 0 Å². The molecule has 8 heteroatoms. The van der Waals surface area contributed by atoms with Crippen molar-refractivity contribution in [2.45, 2.75) is 6.54 Å². The van der Waals surface area contributed by atoms with Gasteiger partial charge in [0, 0.05) is 19.2 Å². The van der Waals surface area contributed by atoms with E-state index in [-0.39, 0.29) is 18.2 Å². The average Bonchev–Trinajstić information content (AvgIpc) is 3.29. The number of para-hydroxylation sites is 1. The number of hydrogen-bond donors (Lipinski definition) is 0. The SMILES string of the molecule is CN(Cc1cccc(F)c1)C(=O)COC(=O)c1nc(-c2ccccc2)n(-c2ccccc2)n1. The summed E-state index contributed by atoms with van der Waals surface area (Å²) in [5.41, 5.74) is 2.14. The summed E-state index contributed by atoms with van der Waals surface area (Å²) in [5.74, 6) is -1.30. The van der Waals surface area contributed by atoms with Gasteiger partial charge in [-0.15, -0.1) is 5.10 Å². The van der Waals surface area contributed by atoms with Crippen LogP contribution in [0.2, 0.25) is 0 Å². The summed E-state index contributed by atoms with van der Waals surface area (Å²) in [6.07, 6.45) is 0. The van der Waals surface area contributed by atoms with Crippen LogP contribution in [0.3, 0.4) is 0 Å². The second-order valence-electron chi connectivity index (χ2n) is 7.33. The maximum absolute atomic E-state index is 13.4. The highest BCUT2D eigenvalue weighted by molar-refractivity contribution is 5.88. The number of carbonyl (C=O) groups is 2. The summed E-state index contributed by atoms with van der Waals surface area (Å²) in [6, 6.07) is 24.6. The van der Waals surface area contributed by atoms with E-state index in [0.717, 1.165) is 11.3 Å². The Bertz CT molecular complexity index is 1200. The highest BCUT2D eigenvalue weighted by Gasteiger charge is 2.21. The number of ether oxygens (including phenoxy) is 1. The van der Waals surface area contributed by atoms with Crippen molar-refractivity contribution in [2.24, 2.45) is 0 Å². The van der Waals surface area contributed by atoms with Gasteiger partial charge < -0.3 is 9.64 Å². The van der Waals surface area contributed by atoms with Gasteiger partial charge in [-0.05, 0) is 29.8 Å². The van der Waals surface area contributed by atoms with Gasteiger partial charge in [0.15, 0.2) is 12.4 Å². The molecular formula is C25H21FN4O3. The minimum Gasteiger partial charge on any atom is -0.450 e. The van der Waals surface area contributed by atoms with Crippen LogP contribution < -0.4 is 0 Å².